The Hall–Kier alpha value is -4.96. The van der Waals surface area contributed by atoms with Crippen LogP contribution in [0.2, 0.25) is 0 Å². The number of allylic oxidation sites excluding steroid dienone is 8. The summed E-state index contributed by atoms with van der Waals surface area (Å²) in [4.78, 5) is 2.36. The molecule has 2 heterocycles. The van der Waals surface area contributed by atoms with Gasteiger partial charge in [0.05, 0.1) is 0 Å². The number of hydrogen-bond donors (Lipinski definition) is 1. The van der Waals surface area contributed by atoms with Crippen molar-refractivity contribution in [1.29, 1.82) is 0 Å². The van der Waals surface area contributed by atoms with Gasteiger partial charge in [-0.15, -0.1) is 0 Å². The summed E-state index contributed by atoms with van der Waals surface area (Å²) in [6.07, 6.45) is 17.4. The highest BCUT2D eigenvalue weighted by molar-refractivity contribution is 6.95. The summed E-state index contributed by atoms with van der Waals surface area (Å²) in [7, 11) is 0. The lowest BCUT2D eigenvalue weighted by atomic mass is 9.33. The van der Waals surface area contributed by atoms with Gasteiger partial charge in [0.15, 0.2) is 0 Å². The van der Waals surface area contributed by atoms with Crippen LogP contribution in [0.25, 0.3) is 0 Å². The number of anilines is 4. The largest absolute Gasteiger partial charge is 0.458 e. The highest BCUT2D eigenvalue weighted by Crippen LogP contribution is 2.41. The molecule has 0 fully saturated rings. The van der Waals surface area contributed by atoms with Crippen molar-refractivity contribution in [3.63, 3.8) is 0 Å². The van der Waals surface area contributed by atoms with Gasteiger partial charge >= 0.3 is 0 Å². The Bertz CT molecular complexity index is 1700. The molecule has 3 aliphatic rings. The van der Waals surface area contributed by atoms with Gasteiger partial charge in [0.1, 0.15) is 11.5 Å². The zero-order valence-corrected chi connectivity index (χ0v) is 22.2. The van der Waals surface area contributed by atoms with Crippen LogP contribution in [0.3, 0.4) is 0 Å². The maximum atomic E-state index is 6.71. The molecule has 40 heavy (non-hydrogen) atoms. The Kier molecular flexibility index (Phi) is 6.43. The molecular weight excluding hydrogens is 487 g/mol. The molecule has 0 radical (unpaired) electrons. The van der Waals surface area contributed by atoms with E-state index < -0.39 is 0 Å². The Labute approximate surface area is 236 Å². The number of rotatable bonds is 6. The molecule has 0 bridgehead atoms. The third-order valence-corrected chi connectivity index (χ3v) is 7.63. The molecular formula is C36H29BN2O. The third-order valence-electron chi connectivity index (χ3n) is 7.63. The summed E-state index contributed by atoms with van der Waals surface area (Å²) < 4.78 is 6.71. The van der Waals surface area contributed by atoms with E-state index in [4.69, 9.17) is 4.74 Å². The fourth-order valence-electron chi connectivity index (χ4n) is 5.82. The number of para-hydroxylation sites is 3. The predicted molar refractivity (Wildman–Crippen MR) is 169 cm³/mol. The lowest BCUT2D eigenvalue weighted by molar-refractivity contribution is 0.443. The SMILES string of the molecule is C1=CC(/C=C\C2=C(/C=C/Nc3ccccc3)Oc3cccc4c3B2c2ccccc2N4c2ccccc2)=CCC1. The van der Waals surface area contributed by atoms with Gasteiger partial charge in [-0.25, -0.2) is 0 Å². The average Bonchev–Trinajstić information content (AvgIpc) is 3.02. The smallest absolute Gasteiger partial charge is 0.256 e. The average molecular weight is 516 g/mol. The predicted octanol–water partition coefficient (Wildman–Crippen LogP) is 7.72. The van der Waals surface area contributed by atoms with E-state index >= 15 is 0 Å². The van der Waals surface area contributed by atoms with E-state index in [9.17, 15) is 0 Å². The van der Waals surface area contributed by atoms with Crippen LogP contribution in [-0.2, 0) is 0 Å². The van der Waals surface area contributed by atoms with Gasteiger partial charge in [-0.2, -0.15) is 0 Å². The molecule has 0 unspecified atom stereocenters. The van der Waals surface area contributed by atoms with Crippen molar-refractivity contribution in [3.05, 3.63) is 163 Å². The lowest BCUT2D eigenvalue weighted by Crippen LogP contribution is -2.53. The van der Waals surface area contributed by atoms with Crippen LogP contribution in [0.5, 0.6) is 5.75 Å². The Morgan fingerprint density at radius 2 is 1.50 bits per heavy atom. The minimum absolute atomic E-state index is 0.0388. The first-order chi connectivity index (χ1) is 19.9. The van der Waals surface area contributed by atoms with E-state index in [-0.39, 0.29) is 6.71 Å². The van der Waals surface area contributed by atoms with Gasteiger partial charge in [0.2, 0.25) is 0 Å². The first-order valence-corrected chi connectivity index (χ1v) is 13.9. The second-order valence-corrected chi connectivity index (χ2v) is 10.1. The molecule has 1 aliphatic carbocycles. The van der Waals surface area contributed by atoms with Crippen molar-refractivity contribution in [3.8, 4) is 5.75 Å². The van der Waals surface area contributed by atoms with E-state index in [1.165, 1.54) is 22.2 Å². The van der Waals surface area contributed by atoms with Gasteiger partial charge in [-0.3, -0.25) is 0 Å². The minimum atomic E-state index is 0.0388. The van der Waals surface area contributed by atoms with Crippen LogP contribution >= 0.6 is 0 Å². The van der Waals surface area contributed by atoms with Gasteiger partial charge in [0.25, 0.3) is 6.71 Å². The Morgan fingerprint density at radius 3 is 2.33 bits per heavy atom. The molecule has 0 saturated heterocycles. The molecule has 0 amide bonds. The van der Waals surface area contributed by atoms with Crippen molar-refractivity contribution in [2.24, 2.45) is 0 Å². The molecule has 7 rings (SSSR count). The standard InChI is InChI=1S/C36H29BN2O/c1-4-13-27(14-5-1)23-24-31-34(25-26-38-28-15-6-2-7-16-28)40-35-22-12-21-33-36(35)37(31)30-19-10-11-20-32(30)39(33)29-17-8-3-9-18-29/h2-4,6-26,38H,1,5H2/b24-23-,26-25+. The molecule has 4 aromatic carbocycles. The maximum absolute atomic E-state index is 6.71. The summed E-state index contributed by atoms with van der Waals surface area (Å²) in [5.41, 5.74) is 9.37. The summed E-state index contributed by atoms with van der Waals surface area (Å²) in [5.74, 6) is 1.74. The number of hydrogen-bond acceptors (Lipinski definition) is 3. The third kappa shape index (κ3) is 4.48. The summed E-state index contributed by atoms with van der Waals surface area (Å²) in [6, 6.07) is 35.9. The molecule has 2 aliphatic heterocycles. The molecule has 192 valence electrons. The van der Waals surface area contributed by atoms with Crippen LogP contribution in [0.1, 0.15) is 12.8 Å². The topological polar surface area (TPSA) is 24.5 Å². The second kappa shape index (κ2) is 10.7. The van der Waals surface area contributed by atoms with Crippen LogP contribution in [0.4, 0.5) is 22.7 Å². The van der Waals surface area contributed by atoms with Crippen molar-refractivity contribution < 1.29 is 4.74 Å². The Morgan fingerprint density at radius 1 is 0.725 bits per heavy atom. The Balaban J connectivity index is 1.39. The van der Waals surface area contributed by atoms with Gasteiger partial charge < -0.3 is 15.0 Å². The highest BCUT2D eigenvalue weighted by Gasteiger charge is 2.41. The monoisotopic (exact) mass is 516 g/mol. The molecule has 4 aromatic rings. The van der Waals surface area contributed by atoms with Crippen molar-refractivity contribution in [2.75, 3.05) is 10.2 Å². The van der Waals surface area contributed by atoms with E-state index in [1.54, 1.807) is 0 Å². The molecule has 0 saturated carbocycles. The van der Waals surface area contributed by atoms with E-state index in [1.807, 2.05) is 24.4 Å². The molecule has 0 spiro atoms. The zero-order chi connectivity index (χ0) is 26.7. The van der Waals surface area contributed by atoms with Crippen LogP contribution in [0, 0.1) is 0 Å². The van der Waals surface area contributed by atoms with E-state index in [0.717, 1.165) is 46.9 Å². The van der Waals surface area contributed by atoms with Crippen molar-refractivity contribution in [2.45, 2.75) is 12.8 Å². The minimum Gasteiger partial charge on any atom is -0.458 e. The van der Waals surface area contributed by atoms with Gasteiger partial charge in [-0.1, -0.05) is 91.0 Å². The van der Waals surface area contributed by atoms with Crippen molar-refractivity contribution in [1.82, 2.24) is 0 Å². The fourth-order valence-corrected chi connectivity index (χ4v) is 5.82. The molecule has 3 nitrogen and oxygen atoms in total. The van der Waals surface area contributed by atoms with Crippen LogP contribution < -0.4 is 25.9 Å². The van der Waals surface area contributed by atoms with E-state index in [2.05, 4.69) is 132 Å². The van der Waals surface area contributed by atoms with Crippen LogP contribution in [-0.4, -0.2) is 6.71 Å². The van der Waals surface area contributed by atoms with Crippen molar-refractivity contribution >= 4 is 40.4 Å². The summed E-state index contributed by atoms with van der Waals surface area (Å²) in [6.45, 7) is 0.0388. The van der Waals surface area contributed by atoms with Gasteiger partial charge in [-0.05, 0) is 83.4 Å². The molecule has 1 N–H and O–H groups in total. The summed E-state index contributed by atoms with van der Waals surface area (Å²) >= 11 is 0. The van der Waals surface area contributed by atoms with E-state index in [0.29, 0.717) is 0 Å². The zero-order valence-electron chi connectivity index (χ0n) is 22.2. The lowest BCUT2D eigenvalue weighted by Gasteiger charge is -2.40. The number of nitrogens with one attached hydrogen (secondary N) is 1. The number of ether oxygens (including phenoxy) is 1. The first kappa shape index (κ1) is 24.1. The van der Waals surface area contributed by atoms with Crippen LogP contribution in [0.15, 0.2) is 163 Å². The maximum Gasteiger partial charge on any atom is 0.256 e. The molecule has 0 atom stereocenters. The summed E-state index contributed by atoms with van der Waals surface area (Å²) in [5, 5.41) is 3.40. The normalized spacial score (nSPS) is 15.7. The number of fused-ring (bicyclic) bond motifs is 2. The second-order valence-electron chi connectivity index (χ2n) is 10.1. The molecule has 0 aromatic heterocycles. The number of benzene rings is 4. The highest BCUT2D eigenvalue weighted by atomic mass is 16.5. The quantitative estimate of drug-likeness (QED) is 0.266. The van der Waals surface area contributed by atoms with Gasteiger partial charge in [0, 0.05) is 28.9 Å². The number of nitrogens with zero attached hydrogens (tertiary/aromatic N) is 1. The molecule has 4 heteroatoms. The first-order valence-electron chi connectivity index (χ1n) is 13.9. The fraction of sp³-hybridized carbons (Fsp3) is 0.0556.